The van der Waals surface area contributed by atoms with Crippen molar-refractivity contribution in [3.63, 3.8) is 0 Å². The number of nitrogens with zero attached hydrogens (tertiary/aromatic N) is 1. The fourth-order valence-electron chi connectivity index (χ4n) is 1.16. The molecule has 9 heteroatoms. The summed E-state index contributed by atoms with van der Waals surface area (Å²) in [5, 5.41) is 0. The van der Waals surface area contributed by atoms with Crippen LogP contribution in [0.2, 0.25) is 0 Å². The summed E-state index contributed by atoms with van der Waals surface area (Å²) >= 11 is 2.49. The molecule has 0 aliphatic rings. The lowest BCUT2D eigenvalue weighted by atomic mass is 10.1. The van der Waals surface area contributed by atoms with E-state index in [1.165, 1.54) is 0 Å². The fourth-order valence-corrected chi connectivity index (χ4v) is 1.73. The zero-order valence-electron chi connectivity index (χ0n) is 8.69. The molecular formula is C9H5BrF5NO2. The lowest BCUT2D eigenvalue weighted by Crippen LogP contribution is -2.14. The molecule has 0 spiro atoms. The SMILES string of the molecule is COC(=O)c1cc(C(F)(F)F)nc(Br)c1C(F)F. The molecule has 0 fully saturated rings. The van der Waals surface area contributed by atoms with Crippen molar-refractivity contribution in [1.29, 1.82) is 0 Å². The van der Waals surface area contributed by atoms with Crippen LogP contribution in [0.25, 0.3) is 0 Å². The number of aromatic nitrogens is 1. The zero-order chi connectivity index (χ0) is 14.1. The predicted molar refractivity (Wildman–Crippen MR) is 53.2 cm³/mol. The Labute approximate surface area is 106 Å². The van der Waals surface area contributed by atoms with E-state index in [0.29, 0.717) is 0 Å². The Morgan fingerprint density at radius 1 is 1.44 bits per heavy atom. The summed E-state index contributed by atoms with van der Waals surface area (Å²) in [7, 11) is 0.874. The van der Waals surface area contributed by atoms with E-state index in [1.54, 1.807) is 0 Å². The first-order valence-corrected chi connectivity index (χ1v) is 5.12. The molecule has 1 aromatic rings. The highest BCUT2D eigenvalue weighted by atomic mass is 79.9. The number of esters is 1. The van der Waals surface area contributed by atoms with Crippen molar-refractivity contribution in [3.05, 3.63) is 27.5 Å². The number of hydrogen-bond donors (Lipinski definition) is 0. The predicted octanol–water partition coefficient (Wildman–Crippen LogP) is 3.59. The molecule has 18 heavy (non-hydrogen) atoms. The Kier molecular flexibility index (Phi) is 4.25. The summed E-state index contributed by atoms with van der Waals surface area (Å²) in [6, 6.07) is 0.234. The molecule has 0 aliphatic heterocycles. The average molecular weight is 334 g/mol. The normalized spacial score (nSPS) is 11.8. The molecule has 0 unspecified atom stereocenters. The molecule has 0 atom stereocenters. The van der Waals surface area contributed by atoms with Crippen molar-refractivity contribution in [2.75, 3.05) is 7.11 Å². The van der Waals surface area contributed by atoms with E-state index in [9.17, 15) is 26.7 Å². The van der Waals surface area contributed by atoms with Crippen LogP contribution in [0.15, 0.2) is 10.7 Å². The third-order valence-corrected chi connectivity index (χ3v) is 2.53. The van der Waals surface area contributed by atoms with Crippen LogP contribution in [0.1, 0.15) is 28.0 Å². The van der Waals surface area contributed by atoms with Crippen LogP contribution >= 0.6 is 15.9 Å². The lowest BCUT2D eigenvalue weighted by molar-refractivity contribution is -0.141. The number of alkyl halides is 5. The van der Waals surface area contributed by atoms with E-state index in [-0.39, 0.29) is 6.07 Å². The summed E-state index contributed by atoms with van der Waals surface area (Å²) in [5.41, 5.74) is -3.27. The van der Waals surface area contributed by atoms with Gasteiger partial charge >= 0.3 is 12.1 Å². The van der Waals surface area contributed by atoms with Gasteiger partial charge in [0, 0.05) is 0 Å². The summed E-state index contributed by atoms with van der Waals surface area (Å²) in [6.07, 6.45) is -8.02. The minimum Gasteiger partial charge on any atom is -0.465 e. The Morgan fingerprint density at radius 3 is 2.39 bits per heavy atom. The van der Waals surface area contributed by atoms with Gasteiger partial charge in [-0.2, -0.15) is 13.2 Å². The van der Waals surface area contributed by atoms with Crippen LogP contribution in [0.3, 0.4) is 0 Å². The van der Waals surface area contributed by atoms with E-state index < -0.39 is 40.0 Å². The molecule has 100 valence electrons. The molecular weight excluding hydrogens is 329 g/mol. The first-order valence-electron chi connectivity index (χ1n) is 4.32. The van der Waals surface area contributed by atoms with Crippen molar-refractivity contribution in [2.45, 2.75) is 12.6 Å². The van der Waals surface area contributed by atoms with Crippen LogP contribution in [0.5, 0.6) is 0 Å². The van der Waals surface area contributed by atoms with Crippen molar-refractivity contribution in [2.24, 2.45) is 0 Å². The highest BCUT2D eigenvalue weighted by Crippen LogP contribution is 2.35. The number of rotatable bonds is 2. The Morgan fingerprint density at radius 2 is 2.00 bits per heavy atom. The molecule has 0 aliphatic carbocycles. The fraction of sp³-hybridized carbons (Fsp3) is 0.333. The van der Waals surface area contributed by atoms with Crippen LogP contribution in [0.4, 0.5) is 22.0 Å². The lowest BCUT2D eigenvalue weighted by Gasteiger charge is -2.12. The number of hydrogen-bond acceptors (Lipinski definition) is 3. The Bertz CT molecular complexity index is 475. The van der Waals surface area contributed by atoms with E-state index in [1.807, 2.05) is 0 Å². The molecule has 0 saturated carbocycles. The zero-order valence-corrected chi connectivity index (χ0v) is 10.3. The van der Waals surface area contributed by atoms with Gasteiger partial charge in [-0.15, -0.1) is 0 Å². The minimum atomic E-state index is -4.86. The van der Waals surface area contributed by atoms with Gasteiger partial charge in [0.25, 0.3) is 6.43 Å². The smallest absolute Gasteiger partial charge is 0.433 e. The summed E-state index contributed by atoms with van der Waals surface area (Å²) in [6.45, 7) is 0. The minimum absolute atomic E-state index is 0.234. The molecule has 0 bridgehead atoms. The third-order valence-electron chi connectivity index (χ3n) is 1.93. The molecule has 0 radical (unpaired) electrons. The molecule has 1 rings (SSSR count). The number of pyridine rings is 1. The molecule has 0 amide bonds. The first kappa shape index (κ1) is 14.8. The van der Waals surface area contributed by atoms with Gasteiger partial charge in [0.05, 0.1) is 18.2 Å². The molecule has 0 N–H and O–H groups in total. The molecule has 0 aromatic carbocycles. The number of ether oxygens (including phenoxy) is 1. The largest absolute Gasteiger partial charge is 0.465 e. The van der Waals surface area contributed by atoms with Gasteiger partial charge in [-0.05, 0) is 22.0 Å². The topological polar surface area (TPSA) is 39.2 Å². The van der Waals surface area contributed by atoms with Crippen LogP contribution in [-0.4, -0.2) is 18.1 Å². The molecule has 3 nitrogen and oxygen atoms in total. The number of carbonyl (C=O) groups is 1. The maximum Gasteiger partial charge on any atom is 0.433 e. The molecule has 1 heterocycles. The number of halogens is 6. The number of carbonyl (C=O) groups excluding carboxylic acids is 1. The van der Waals surface area contributed by atoms with E-state index in [0.717, 1.165) is 7.11 Å². The monoisotopic (exact) mass is 333 g/mol. The van der Waals surface area contributed by atoms with Crippen LogP contribution < -0.4 is 0 Å². The second-order valence-corrected chi connectivity index (χ2v) is 3.80. The van der Waals surface area contributed by atoms with Gasteiger partial charge in [0.15, 0.2) is 0 Å². The molecule has 1 aromatic heterocycles. The number of methoxy groups -OCH3 is 1. The standard InChI is InChI=1S/C9H5BrF5NO2/c1-18-8(17)3-2-4(9(13,14)15)16-6(10)5(3)7(11)12/h2,7H,1H3. The van der Waals surface area contributed by atoms with Gasteiger partial charge in [-0.1, -0.05) is 0 Å². The second-order valence-electron chi connectivity index (χ2n) is 3.05. The van der Waals surface area contributed by atoms with Gasteiger partial charge < -0.3 is 4.74 Å². The molecule has 0 saturated heterocycles. The summed E-state index contributed by atoms with van der Waals surface area (Å²) in [4.78, 5) is 14.1. The summed E-state index contributed by atoms with van der Waals surface area (Å²) in [5.74, 6) is -1.29. The average Bonchev–Trinajstić information content (AvgIpc) is 2.25. The van der Waals surface area contributed by atoms with Crippen LogP contribution in [-0.2, 0) is 10.9 Å². The quantitative estimate of drug-likeness (QED) is 0.471. The van der Waals surface area contributed by atoms with E-state index >= 15 is 0 Å². The van der Waals surface area contributed by atoms with Gasteiger partial charge in [-0.25, -0.2) is 18.6 Å². The maximum atomic E-state index is 12.7. The Hall–Kier alpha value is -1.25. The van der Waals surface area contributed by atoms with Gasteiger partial charge in [-0.3, -0.25) is 0 Å². The highest BCUT2D eigenvalue weighted by Gasteiger charge is 2.36. The van der Waals surface area contributed by atoms with Crippen molar-refractivity contribution < 1.29 is 31.5 Å². The van der Waals surface area contributed by atoms with Crippen LogP contribution in [0, 0.1) is 0 Å². The third kappa shape index (κ3) is 2.95. The van der Waals surface area contributed by atoms with E-state index in [4.69, 9.17) is 0 Å². The summed E-state index contributed by atoms with van der Waals surface area (Å²) < 4.78 is 66.0. The second kappa shape index (κ2) is 5.17. The Balaban J connectivity index is 3.52. The van der Waals surface area contributed by atoms with Gasteiger partial charge in [0.2, 0.25) is 0 Å². The first-order chi connectivity index (χ1) is 8.18. The van der Waals surface area contributed by atoms with Crippen molar-refractivity contribution >= 4 is 21.9 Å². The highest BCUT2D eigenvalue weighted by molar-refractivity contribution is 9.10. The van der Waals surface area contributed by atoms with Crippen molar-refractivity contribution in [3.8, 4) is 0 Å². The van der Waals surface area contributed by atoms with Gasteiger partial charge in [0.1, 0.15) is 10.3 Å². The van der Waals surface area contributed by atoms with Crippen molar-refractivity contribution in [1.82, 2.24) is 4.98 Å². The maximum absolute atomic E-state index is 12.7. The van der Waals surface area contributed by atoms with E-state index in [2.05, 4.69) is 25.7 Å².